The molecule has 0 atom stereocenters. The highest BCUT2D eigenvalue weighted by Gasteiger charge is 2.15. The van der Waals surface area contributed by atoms with E-state index in [2.05, 4.69) is 0 Å². The van der Waals surface area contributed by atoms with Crippen molar-refractivity contribution >= 4 is 17.4 Å². The lowest BCUT2D eigenvalue weighted by molar-refractivity contribution is 0.0996. The van der Waals surface area contributed by atoms with Gasteiger partial charge in [0.05, 0.1) is 18.7 Å². The van der Waals surface area contributed by atoms with Crippen LogP contribution in [0, 0.1) is 5.82 Å². The van der Waals surface area contributed by atoms with Crippen molar-refractivity contribution in [3.63, 3.8) is 0 Å². The SMILES string of the molecule is COCc1cc(Cl)cc(C(=O)CN)c1F. The minimum Gasteiger partial charge on any atom is -0.380 e. The number of ketones is 1. The van der Waals surface area contributed by atoms with Crippen LogP contribution in [0.4, 0.5) is 4.39 Å². The number of Topliss-reactive ketones (excluding diaryl/α,β-unsaturated/α-hetero) is 1. The number of hydrogen-bond acceptors (Lipinski definition) is 3. The molecule has 0 unspecified atom stereocenters. The van der Waals surface area contributed by atoms with E-state index in [9.17, 15) is 9.18 Å². The Labute approximate surface area is 92.0 Å². The predicted molar refractivity (Wildman–Crippen MR) is 55.5 cm³/mol. The summed E-state index contributed by atoms with van der Waals surface area (Å²) < 4.78 is 18.5. The fourth-order valence-electron chi connectivity index (χ4n) is 1.22. The molecule has 0 aliphatic carbocycles. The number of rotatable bonds is 4. The van der Waals surface area contributed by atoms with Gasteiger partial charge in [0.2, 0.25) is 0 Å². The number of methoxy groups -OCH3 is 1. The van der Waals surface area contributed by atoms with Gasteiger partial charge in [-0.2, -0.15) is 0 Å². The zero-order valence-electron chi connectivity index (χ0n) is 8.22. The van der Waals surface area contributed by atoms with Crippen molar-refractivity contribution in [3.8, 4) is 0 Å². The van der Waals surface area contributed by atoms with E-state index >= 15 is 0 Å². The van der Waals surface area contributed by atoms with Gasteiger partial charge in [0.25, 0.3) is 0 Å². The van der Waals surface area contributed by atoms with Gasteiger partial charge in [-0.05, 0) is 12.1 Å². The lowest BCUT2D eigenvalue weighted by Crippen LogP contribution is -2.16. The minimum atomic E-state index is -0.614. The number of benzene rings is 1. The summed E-state index contributed by atoms with van der Waals surface area (Å²) in [5.41, 5.74) is 5.32. The maximum atomic E-state index is 13.7. The molecule has 2 N–H and O–H groups in total. The first kappa shape index (κ1) is 12.1. The van der Waals surface area contributed by atoms with Crippen molar-refractivity contribution in [2.75, 3.05) is 13.7 Å². The van der Waals surface area contributed by atoms with Gasteiger partial charge in [0, 0.05) is 17.7 Å². The van der Waals surface area contributed by atoms with Crippen LogP contribution in [0.25, 0.3) is 0 Å². The fourth-order valence-corrected chi connectivity index (χ4v) is 1.46. The molecule has 0 aliphatic heterocycles. The highest BCUT2D eigenvalue weighted by atomic mass is 35.5. The number of hydrogen-bond donors (Lipinski definition) is 1. The molecule has 0 bridgehead atoms. The second kappa shape index (κ2) is 5.21. The molecule has 82 valence electrons. The number of halogens is 2. The normalized spacial score (nSPS) is 10.4. The van der Waals surface area contributed by atoms with Crippen LogP contribution in [-0.2, 0) is 11.3 Å². The Morgan fingerprint density at radius 2 is 2.27 bits per heavy atom. The van der Waals surface area contributed by atoms with Crippen molar-refractivity contribution < 1.29 is 13.9 Å². The summed E-state index contributed by atoms with van der Waals surface area (Å²) in [7, 11) is 1.44. The van der Waals surface area contributed by atoms with E-state index in [0.717, 1.165) is 0 Å². The Morgan fingerprint density at radius 3 is 2.80 bits per heavy atom. The maximum absolute atomic E-state index is 13.7. The molecule has 0 saturated heterocycles. The molecule has 1 rings (SSSR count). The highest BCUT2D eigenvalue weighted by molar-refractivity contribution is 6.31. The summed E-state index contributed by atoms with van der Waals surface area (Å²) in [6, 6.07) is 2.69. The molecular formula is C10H11ClFNO2. The maximum Gasteiger partial charge on any atom is 0.179 e. The van der Waals surface area contributed by atoms with Gasteiger partial charge in [0.15, 0.2) is 5.78 Å². The van der Waals surface area contributed by atoms with Crippen molar-refractivity contribution in [2.45, 2.75) is 6.61 Å². The second-order valence-corrected chi connectivity index (χ2v) is 3.42. The molecule has 15 heavy (non-hydrogen) atoms. The Kier molecular flexibility index (Phi) is 4.20. The van der Waals surface area contributed by atoms with Crippen LogP contribution < -0.4 is 5.73 Å². The average molecular weight is 232 g/mol. The van der Waals surface area contributed by atoms with Crippen molar-refractivity contribution in [1.29, 1.82) is 0 Å². The van der Waals surface area contributed by atoms with Crippen molar-refractivity contribution in [3.05, 3.63) is 34.1 Å². The van der Waals surface area contributed by atoms with E-state index in [1.54, 1.807) is 0 Å². The number of carbonyl (C=O) groups is 1. The van der Waals surface area contributed by atoms with Crippen LogP contribution in [0.1, 0.15) is 15.9 Å². The quantitative estimate of drug-likeness (QED) is 0.804. The van der Waals surface area contributed by atoms with E-state index in [1.807, 2.05) is 0 Å². The fraction of sp³-hybridized carbons (Fsp3) is 0.300. The topological polar surface area (TPSA) is 52.3 Å². The zero-order valence-corrected chi connectivity index (χ0v) is 8.97. The van der Waals surface area contributed by atoms with E-state index in [1.165, 1.54) is 19.2 Å². The van der Waals surface area contributed by atoms with E-state index in [4.69, 9.17) is 22.1 Å². The van der Waals surface area contributed by atoms with Crippen LogP contribution in [0.15, 0.2) is 12.1 Å². The molecule has 0 spiro atoms. The third kappa shape index (κ3) is 2.75. The molecule has 3 nitrogen and oxygen atoms in total. The highest BCUT2D eigenvalue weighted by Crippen LogP contribution is 2.20. The summed E-state index contributed by atoms with van der Waals surface area (Å²) in [5.74, 6) is -1.09. The lowest BCUT2D eigenvalue weighted by atomic mass is 10.1. The van der Waals surface area contributed by atoms with E-state index < -0.39 is 11.6 Å². The monoisotopic (exact) mass is 231 g/mol. The summed E-state index contributed by atoms with van der Waals surface area (Å²) in [6.45, 7) is -0.180. The number of carbonyl (C=O) groups excluding carboxylic acids is 1. The Balaban J connectivity index is 3.21. The van der Waals surface area contributed by atoms with E-state index in [0.29, 0.717) is 5.02 Å². The van der Waals surface area contributed by atoms with Gasteiger partial charge in [-0.3, -0.25) is 4.79 Å². The molecule has 0 amide bonds. The summed E-state index contributed by atoms with van der Waals surface area (Å²) >= 11 is 5.74. The molecular weight excluding hydrogens is 221 g/mol. The van der Waals surface area contributed by atoms with Crippen molar-refractivity contribution in [1.82, 2.24) is 0 Å². The van der Waals surface area contributed by atoms with E-state index in [-0.39, 0.29) is 24.3 Å². The molecule has 1 aromatic carbocycles. The van der Waals surface area contributed by atoms with Crippen LogP contribution >= 0.6 is 11.6 Å². The Hall–Kier alpha value is -0.970. The molecule has 0 heterocycles. The van der Waals surface area contributed by atoms with Crippen LogP contribution in [0.2, 0.25) is 5.02 Å². The van der Waals surface area contributed by atoms with Gasteiger partial charge in [-0.1, -0.05) is 11.6 Å². The van der Waals surface area contributed by atoms with Gasteiger partial charge in [-0.25, -0.2) is 4.39 Å². The minimum absolute atomic E-state index is 0.0667. The third-order valence-corrected chi connectivity index (χ3v) is 2.12. The molecule has 0 radical (unpaired) electrons. The first-order valence-corrected chi connectivity index (χ1v) is 4.68. The standard InChI is InChI=1S/C10H11ClFNO2/c1-15-5-6-2-7(11)3-8(10(6)12)9(14)4-13/h2-3H,4-5,13H2,1H3. The lowest BCUT2D eigenvalue weighted by Gasteiger charge is -2.07. The molecule has 1 aromatic rings. The molecule has 0 aromatic heterocycles. The first-order chi connectivity index (χ1) is 7.10. The second-order valence-electron chi connectivity index (χ2n) is 2.99. The largest absolute Gasteiger partial charge is 0.380 e. The van der Waals surface area contributed by atoms with Crippen LogP contribution in [0.3, 0.4) is 0 Å². The van der Waals surface area contributed by atoms with Gasteiger partial charge >= 0.3 is 0 Å². The third-order valence-electron chi connectivity index (χ3n) is 1.90. The zero-order chi connectivity index (χ0) is 11.4. The summed E-state index contributed by atoms with van der Waals surface area (Å²) in [6.07, 6.45) is 0. The summed E-state index contributed by atoms with van der Waals surface area (Å²) in [4.78, 5) is 11.3. The van der Waals surface area contributed by atoms with Crippen LogP contribution in [0.5, 0.6) is 0 Å². The predicted octanol–water partition coefficient (Wildman–Crippen LogP) is 1.77. The molecule has 0 fully saturated rings. The van der Waals surface area contributed by atoms with Crippen molar-refractivity contribution in [2.24, 2.45) is 5.73 Å². The van der Waals surface area contributed by atoms with Gasteiger partial charge in [-0.15, -0.1) is 0 Å². The molecule has 0 aliphatic rings. The Bertz CT molecular complexity index is 382. The first-order valence-electron chi connectivity index (χ1n) is 4.30. The molecule has 0 saturated carbocycles. The van der Waals surface area contributed by atoms with Gasteiger partial charge in [0.1, 0.15) is 5.82 Å². The number of nitrogens with two attached hydrogens (primary N) is 1. The van der Waals surface area contributed by atoms with Gasteiger partial charge < -0.3 is 10.5 Å². The van der Waals surface area contributed by atoms with Crippen LogP contribution in [-0.4, -0.2) is 19.4 Å². The number of ether oxygens (including phenoxy) is 1. The smallest absolute Gasteiger partial charge is 0.179 e. The summed E-state index contributed by atoms with van der Waals surface area (Å²) in [5, 5.41) is 0.292. The average Bonchev–Trinajstić information content (AvgIpc) is 2.22. The Morgan fingerprint density at radius 1 is 1.60 bits per heavy atom. The molecule has 5 heteroatoms.